The smallest absolute Gasteiger partial charge is 0.345 e. The summed E-state index contributed by atoms with van der Waals surface area (Å²) in [6.07, 6.45) is 2.06. The first-order valence-corrected chi connectivity index (χ1v) is 7.94. The largest absolute Gasteiger partial charge is 0.347 e. The van der Waals surface area contributed by atoms with E-state index in [0.717, 1.165) is 38.2 Å². The molecule has 122 valence electrons. The first-order valence-electron chi connectivity index (χ1n) is 7.94. The maximum atomic E-state index is 12.4. The monoisotopic (exact) mass is 306 g/mol. The van der Waals surface area contributed by atoms with Crippen LogP contribution in [-0.4, -0.2) is 46.5 Å². The van der Waals surface area contributed by atoms with Crippen LogP contribution in [-0.2, 0) is 5.41 Å². The van der Waals surface area contributed by atoms with Crippen molar-refractivity contribution in [2.45, 2.75) is 52.0 Å². The van der Waals surface area contributed by atoms with Gasteiger partial charge in [-0.25, -0.2) is 4.79 Å². The Hall–Kier alpha value is -1.69. The molecule has 2 heterocycles. The van der Waals surface area contributed by atoms with Gasteiger partial charge in [0.05, 0.1) is 0 Å². The molecule has 0 saturated carbocycles. The second-order valence-electron chi connectivity index (χ2n) is 6.99. The minimum absolute atomic E-state index is 0.137. The lowest BCUT2D eigenvalue weighted by Gasteiger charge is -2.19. The van der Waals surface area contributed by atoms with Crippen molar-refractivity contribution in [2.75, 3.05) is 19.6 Å². The highest BCUT2D eigenvalue weighted by atomic mass is 16.2. The zero-order chi connectivity index (χ0) is 16.3. The van der Waals surface area contributed by atoms with Gasteiger partial charge < -0.3 is 15.2 Å². The highest BCUT2D eigenvalue weighted by molar-refractivity contribution is 5.92. The Balaban J connectivity index is 2.07. The fourth-order valence-corrected chi connectivity index (χ4v) is 2.71. The van der Waals surface area contributed by atoms with Gasteiger partial charge in [0.2, 0.25) is 0 Å². The summed E-state index contributed by atoms with van der Waals surface area (Å²) in [5.41, 5.74) is 0.207. The number of aromatic nitrogens is 2. The number of carbonyl (C=O) groups is 1. The van der Waals surface area contributed by atoms with Crippen molar-refractivity contribution < 1.29 is 4.79 Å². The number of H-pyrrole nitrogens is 1. The molecule has 1 fully saturated rings. The van der Waals surface area contributed by atoms with E-state index in [9.17, 15) is 9.59 Å². The van der Waals surface area contributed by atoms with E-state index < -0.39 is 5.69 Å². The van der Waals surface area contributed by atoms with Gasteiger partial charge in [-0.3, -0.25) is 4.79 Å². The molecule has 1 saturated heterocycles. The first kappa shape index (κ1) is 16.7. The van der Waals surface area contributed by atoms with Crippen LogP contribution in [0.25, 0.3) is 0 Å². The molecule has 1 aliphatic heterocycles. The van der Waals surface area contributed by atoms with Gasteiger partial charge in [0.15, 0.2) is 0 Å². The van der Waals surface area contributed by atoms with Crippen molar-refractivity contribution in [3.05, 3.63) is 27.9 Å². The molecule has 1 aromatic heterocycles. The second-order valence-corrected chi connectivity index (χ2v) is 6.99. The summed E-state index contributed by atoms with van der Waals surface area (Å²) >= 11 is 0. The summed E-state index contributed by atoms with van der Waals surface area (Å²) in [6, 6.07) is 1.81. The van der Waals surface area contributed by atoms with Crippen molar-refractivity contribution in [1.82, 2.24) is 20.2 Å². The van der Waals surface area contributed by atoms with Gasteiger partial charge in [-0.1, -0.05) is 27.7 Å². The second kappa shape index (κ2) is 6.60. The zero-order valence-electron chi connectivity index (χ0n) is 13.9. The molecule has 1 amide bonds. The standard InChI is InChI=1S/C16H26N4O2/c1-5-7-20-8-6-11(10-20)17-14(21)12-9-13(16(2,3)4)19-15(22)18-12/h9,11H,5-8,10H2,1-4H3,(H,17,21)(H,18,19,22)/t11-/m1/s1. The molecule has 1 aromatic rings. The van der Waals surface area contributed by atoms with Gasteiger partial charge in [0.25, 0.3) is 5.91 Å². The predicted molar refractivity (Wildman–Crippen MR) is 86.2 cm³/mol. The fraction of sp³-hybridized carbons (Fsp3) is 0.688. The van der Waals surface area contributed by atoms with E-state index in [1.807, 2.05) is 20.8 Å². The number of hydrogen-bond acceptors (Lipinski definition) is 4. The maximum Gasteiger partial charge on any atom is 0.345 e. The summed E-state index contributed by atoms with van der Waals surface area (Å²) in [7, 11) is 0. The van der Waals surface area contributed by atoms with E-state index in [1.54, 1.807) is 6.07 Å². The zero-order valence-corrected chi connectivity index (χ0v) is 13.9. The molecule has 0 aromatic carbocycles. The van der Waals surface area contributed by atoms with Crippen LogP contribution < -0.4 is 11.0 Å². The molecule has 1 aliphatic rings. The molecule has 0 spiro atoms. The van der Waals surface area contributed by atoms with E-state index in [4.69, 9.17) is 0 Å². The van der Waals surface area contributed by atoms with E-state index in [1.165, 1.54) is 0 Å². The molecule has 0 aliphatic carbocycles. The summed E-state index contributed by atoms with van der Waals surface area (Å²) in [5, 5.41) is 2.99. The van der Waals surface area contributed by atoms with Crippen LogP contribution in [0.3, 0.4) is 0 Å². The average Bonchev–Trinajstić information content (AvgIpc) is 2.85. The Kier molecular flexibility index (Phi) is 5.01. The number of nitrogens with one attached hydrogen (secondary N) is 2. The number of aromatic amines is 1. The molecule has 22 heavy (non-hydrogen) atoms. The van der Waals surface area contributed by atoms with Gasteiger partial charge in [-0.05, 0) is 25.5 Å². The quantitative estimate of drug-likeness (QED) is 0.878. The van der Waals surface area contributed by atoms with Crippen LogP contribution in [0.1, 0.15) is 56.7 Å². The highest BCUT2D eigenvalue weighted by Gasteiger charge is 2.25. The van der Waals surface area contributed by atoms with Gasteiger partial charge in [0.1, 0.15) is 5.69 Å². The van der Waals surface area contributed by atoms with Crippen molar-refractivity contribution in [3.63, 3.8) is 0 Å². The van der Waals surface area contributed by atoms with Crippen LogP contribution in [0.2, 0.25) is 0 Å². The van der Waals surface area contributed by atoms with Crippen LogP contribution in [0.5, 0.6) is 0 Å². The molecular formula is C16H26N4O2. The number of hydrogen-bond donors (Lipinski definition) is 2. The third kappa shape index (κ3) is 4.16. The third-order valence-corrected chi connectivity index (χ3v) is 3.93. The predicted octanol–water partition coefficient (Wildman–Crippen LogP) is 1.28. The van der Waals surface area contributed by atoms with Gasteiger partial charge in [-0.15, -0.1) is 0 Å². The number of likely N-dealkylation sites (tertiary alicyclic amines) is 1. The van der Waals surface area contributed by atoms with Crippen molar-refractivity contribution in [2.24, 2.45) is 0 Å². The lowest BCUT2D eigenvalue weighted by atomic mass is 9.91. The number of rotatable bonds is 4. The maximum absolute atomic E-state index is 12.4. The Bertz CT molecular complexity index is 589. The minimum atomic E-state index is -0.475. The Labute approximate surface area is 131 Å². The van der Waals surface area contributed by atoms with E-state index >= 15 is 0 Å². The number of amides is 1. The summed E-state index contributed by atoms with van der Waals surface area (Å²) in [5.74, 6) is -0.264. The highest BCUT2D eigenvalue weighted by Crippen LogP contribution is 2.19. The van der Waals surface area contributed by atoms with E-state index in [-0.39, 0.29) is 23.1 Å². The minimum Gasteiger partial charge on any atom is -0.347 e. The number of carbonyl (C=O) groups excluding carboxylic acids is 1. The lowest BCUT2D eigenvalue weighted by molar-refractivity contribution is 0.0932. The van der Waals surface area contributed by atoms with E-state index in [2.05, 4.69) is 27.1 Å². The molecule has 0 radical (unpaired) electrons. The van der Waals surface area contributed by atoms with Crippen LogP contribution in [0.15, 0.2) is 10.9 Å². The van der Waals surface area contributed by atoms with Crippen molar-refractivity contribution in [1.29, 1.82) is 0 Å². The molecule has 0 unspecified atom stereocenters. The molecular weight excluding hydrogens is 280 g/mol. The molecule has 6 heteroatoms. The molecule has 0 bridgehead atoms. The topological polar surface area (TPSA) is 78.1 Å². The van der Waals surface area contributed by atoms with Crippen molar-refractivity contribution in [3.8, 4) is 0 Å². The summed E-state index contributed by atoms with van der Waals surface area (Å²) in [6.45, 7) is 11.0. The van der Waals surface area contributed by atoms with Crippen molar-refractivity contribution >= 4 is 5.91 Å². The molecule has 2 N–H and O–H groups in total. The Morgan fingerprint density at radius 1 is 1.50 bits per heavy atom. The lowest BCUT2D eigenvalue weighted by Crippen LogP contribution is -2.38. The normalized spacial score (nSPS) is 19.4. The van der Waals surface area contributed by atoms with Crippen LogP contribution in [0, 0.1) is 0 Å². The fourth-order valence-electron chi connectivity index (χ4n) is 2.71. The Morgan fingerprint density at radius 3 is 2.86 bits per heavy atom. The number of nitrogens with zero attached hydrogens (tertiary/aromatic N) is 2. The van der Waals surface area contributed by atoms with Gasteiger partial charge >= 0.3 is 5.69 Å². The SMILES string of the molecule is CCCN1CC[C@@H](NC(=O)c2cc(C(C)(C)C)[nH]c(=O)n2)C1. The third-order valence-electron chi connectivity index (χ3n) is 3.93. The molecule has 2 rings (SSSR count). The molecule has 1 atom stereocenters. The van der Waals surface area contributed by atoms with Crippen LogP contribution in [0.4, 0.5) is 0 Å². The summed E-state index contributed by atoms with van der Waals surface area (Å²) in [4.78, 5) is 32.9. The summed E-state index contributed by atoms with van der Waals surface area (Å²) < 4.78 is 0. The average molecular weight is 306 g/mol. The first-order chi connectivity index (χ1) is 10.3. The van der Waals surface area contributed by atoms with Gasteiger partial charge in [0, 0.05) is 30.2 Å². The van der Waals surface area contributed by atoms with Crippen LogP contribution >= 0.6 is 0 Å². The molecule has 6 nitrogen and oxygen atoms in total. The Morgan fingerprint density at radius 2 is 2.23 bits per heavy atom. The van der Waals surface area contributed by atoms with E-state index in [0.29, 0.717) is 0 Å². The van der Waals surface area contributed by atoms with Gasteiger partial charge in [-0.2, -0.15) is 4.98 Å².